The van der Waals surface area contributed by atoms with Gasteiger partial charge in [-0.15, -0.1) is 0 Å². The standard InChI is InChI=1S/C9H7NO3S/c11-6-7-5-10(14(12)13)9-4-2-1-3-8(7)9/h1-6H,(H,12,13). The number of aldehydes is 1. The normalized spacial score (nSPS) is 12.9. The van der Waals surface area contributed by atoms with Crippen molar-refractivity contribution in [2.45, 2.75) is 0 Å². The van der Waals surface area contributed by atoms with E-state index in [1.165, 1.54) is 6.20 Å². The third-order valence-electron chi connectivity index (χ3n) is 2.00. The first kappa shape index (κ1) is 9.11. The molecule has 0 saturated carbocycles. The number of carbonyl (C=O) groups is 1. The van der Waals surface area contributed by atoms with Crippen molar-refractivity contribution >= 4 is 28.5 Å². The Morgan fingerprint density at radius 1 is 1.36 bits per heavy atom. The zero-order valence-corrected chi connectivity index (χ0v) is 7.90. The van der Waals surface area contributed by atoms with Gasteiger partial charge in [0, 0.05) is 17.1 Å². The van der Waals surface area contributed by atoms with Crippen LogP contribution in [0, 0.1) is 0 Å². The van der Waals surface area contributed by atoms with Crippen LogP contribution in [0.25, 0.3) is 10.9 Å². The summed E-state index contributed by atoms with van der Waals surface area (Å²) >= 11 is -2.13. The van der Waals surface area contributed by atoms with E-state index in [0.717, 1.165) is 3.97 Å². The summed E-state index contributed by atoms with van der Waals surface area (Å²) in [5.41, 5.74) is 0.999. The van der Waals surface area contributed by atoms with Gasteiger partial charge in [0.2, 0.25) is 0 Å². The lowest BCUT2D eigenvalue weighted by molar-refractivity contribution is 0.112. The van der Waals surface area contributed by atoms with Crippen molar-refractivity contribution in [1.82, 2.24) is 3.97 Å². The average molecular weight is 209 g/mol. The first-order valence-corrected chi connectivity index (χ1v) is 4.97. The summed E-state index contributed by atoms with van der Waals surface area (Å²) in [7, 11) is 0. The number of aromatic nitrogens is 1. The number of benzene rings is 1. The van der Waals surface area contributed by atoms with Crippen LogP contribution >= 0.6 is 0 Å². The predicted molar refractivity (Wildman–Crippen MR) is 53.5 cm³/mol. The quantitative estimate of drug-likeness (QED) is 0.601. The lowest BCUT2D eigenvalue weighted by Gasteiger charge is -1.96. The minimum atomic E-state index is -2.13. The van der Waals surface area contributed by atoms with Gasteiger partial charge in [-0.05, 0) is 6.07 Å². The fraction of sp³-hybridized carbons (Fsp3) is 0. The van der Waals surface area contributed by atoms with Crippen molar-refractivity contribution in [2.75, 3.05) is 0 Å². The number of carbonyl (C=O) groups excluding carboxylic acids is 1. The van der Waals surface area contributed by atoms with Gasteiger partial charge in [0.05, 0.1) is 5.52 Å². The first-order chi connectivity index (χ1) is 6.74. The molecule has 0 aliphatic rings. The number of fused-ring (bicyclic) bond motifs is 1. The number of para-hydroxylation sites is 1. The average Bonchev–Trinajstić information content (AvgIpc) is 2.56. The molecule has 5 heteroatoms. The Hall–Kier alpha value is -1.46. The maximum absolute atomic E-state index is 10.9. The van der Waals surface area contributed by atoms with Crippen LogP contribution in [-0.2, 0) is 11.3 Å². The van der Waals surface area contributed by atoms with Crippen molar-refractivity contribution < 1.29 is 13.6 Å². The van der Waals surface area contributed by atoms with E-state index < -0.39 is 11.3 Å². The van der Waals surface area contributed by atoms with Crippen molar-refractivity contribution in [3.63, 3.8) is 0 Å². The molecule has 2 rings (SSSR count). The fourth-order valence-corrected chi connectivity index (χ4v) is 1.93. The molecule has 2 aromatic rings. The number of hydrogen-bond acceptors (Lipinski definition) is 2. The van der Waals surface area contributed by atoms with Crippen molar-refractivity contribution in [3.05, 3.63) is 36.0 Å². The Morgan fingerprint density at radius 2 is 2.07 bits per heavy atom. The zero-order valence-electron chi connectivity index (χ0n) is 7.08. The molecule has 1 aromatic carbocycles. The first-order valence-electron chi connectivity index (χ1n) is 3.90. The number of hydrogen-bond donors (Lipinski definition) is 1. The summed E-state index contributed by atoms with van der Waals surface area (Å²) in [6.45, 7) is 0. The molecule has 1 N–H and O–H groups in total. The zero-order chi connectivity index (χ0) is 10.1. The van der Waals surface area contributed by atoms with Gasteiger partial charge in [0.25, 0.3) is 11.3 Å². The van der Waals surface area contributed by atoms with Crippen LogP contribution < -0.4 is 0 Å². The third-order valence-corrected chi connectivity index (χ3v) is 2.64. The molecule has 0 aliphatic heterocycles. The summed E-state index contributed by atoms with van der Waals surface area (Å²) in [4.78, 5) is 10.7. The van der Waals surface area contributed by atoms with Crippen molar-refractivity contribution in [2.24, 2.45) is 0 Å². The summed E-state index contributed by atoms with van der Waals surface area (Å²) in [5.74, 6) is 0. The second-order valence-electron chi connectivity index (χ2n) is 2.78. The Labute approximate surface area is 82.6 Å². The van der Waals surface area contributed by atoms with Gasteiger partial charge in [-0.25, -0.2) is 8.18 Å². The van der Waals surface area contributed by atoms with Gasteiger partial charge in [-0.2, -0.15) is 0 Å². The van der Waals surface area contributed by atoms with E-state index >= 15 is 0 Å². The van der Waals surface area contributed by atoms with Crippen molar-refractivity contribution in [3.8, 4) is 0 Å². The Balaban J connectivity index is 2.86. The van der Waals surface area contributed by atoms with E-state index in [9.17, 15) is 9.00 Å². The van der Waals surface area contributed by atoms with Gasteiger partial charge in [0.15, 0.2) is 6.29 Å². The van der Waals surface area contributed by atoms with E-state index in [2.05, 4.69) is 0 Å². The maximum Gasteiger partial charge on any atom is 0.266 e. The molecule has 1 heterocycles. The molecule has 0 spiro atoms. The lowest BCUT2D eigenvalue weighted by Crippen LogP contribution is -1.99. The highest BCUT2D eigenvalue weighted by Crippen LogP contribution is 2.19. The van der Waals surface area contributed by atoms with Crippen LogP contribution in [0.5, 0.6) is 0 Å². The van der Waals surface area contributed by atoms with Crippen LogP contribution in [-0.4, -0.2) is 19.0 Å². The van der Waals surface area contributed by atoms with Crippen molar-refractivity contribution in [1.29, 1.82) is 0 Å². The van der Waals surface area contributed by atoms with Gasteiger partial charge >= 0.3 is 0 Å². The highest BCUT2D eigenvalue weighted by Gasteiger charge is 2.09. The minimum absolute atomic E-state index is 0.419. The Morgan fingerprint density at radius 3 is 2.71 bits per heavy atom. The van der Waals surface area contributed by atoms with E-state index in [1.807, 2.05) is 0 Å². The van der Waals surface area contributed by atoms with Crippen LogP contribution in [0.3, 0.4) is 0 Å². The molecular weight excluding hydrogens is 202 g/mol. The molecule has 0 saturated heterocycles. The van der Waals surface area contributed by atoms with E-state index in [-0.39, 0.29) is 0 Å². The smallest absolute Gasteiger partial charge is 0.266 e. The van der Waals surface area contributed by atoms with Gasteiger partial charge in [-0.1, -0.05) is 18.2 Å². The molecule has 0 radical (unpaired) electrons. The van der Waals surface area contributed by atoms with Gasteiger partial charge in [-0.3, -0.25) is 9.35 Å². The number of nitrogens with zero attached hydrogens (tertiary/aromatic N) is 1. The molecule has 14 heavy (non-hydrogen) atoms. The molecule has 1 atom stereocenters. The lowest BCUT2D eigenvalue weighted by atomic mass is 10.2. The topological polar surface area (TPSA) is 59.3 Å². The summed E-state index contributed by atoms with van der Waals surface area (Å²) in [6, 6.07) is 6.96. The van der Waals surface area contributed by atoms with Crippen LogP contribution in [0.4, 0.5) is 0 Å². The van der Waals surface area contributed by atoms with Gasteiger partial charge < -0.3 is 0 Å². The molecule has 0 amide bonds. The highest BCUT2D eigenvalue weighted by molar-refractivity contribution is 7.77. The Bertz CT molecular complexity index is 518. The summed E-state index contributed by atoms with van der Waals surface area (Å²) < 4.78 is 21.0. The van der Waals surface area contributed by atoms with Crippen LogP contribution in [0.2, 0.25) is 0 Å². The van der Waals surface area contributed by atoms with E-state index in [4.69, 9.17) is 4.55 Å². The summed E-state index contributed by atoms with van der Waals surface area (Å²) in [5, 5.41) is 0.685. The monoisotopic (exact) mass is 209 g/mol. The fourth-order valence-electron chi connectivity index (χ4n) is 1.40. The second kappa shape index (κ2) is 3.36. The largest absolute Gasteiger partial charge is 0.298 e. The molecule has 1 unspecified atom stereocenters. The van der Waals surface area contributed by atoms with E-state index in [1.54, 1.807) is 24.3 Å². The molecule has 72 valence electrons. The molecule has 1 aromatic heterocycles. The SMILES string of the molecule is O=Cc1cn(S(=O)O)c2ccccc12. The van der Waals surface area contributed by atoms with E-state index in [0.29, 0.717) is 22.8 Å². The third kappa shape index (κ3) is 1.26. The molecule has 0 fully saturated rings. The maximum atomic E-state index is 10.9. The molecular formula is C9H7NO3S. The highest BCUT2D eigenvalue weighted by atomic mass is 32.2. The van der Waals surface area contributed by atoms with Crippen LogP contribution in [0.15, 0.2) is 30.5 Å². The molecule has 4 nitrogen and oxygen atoms in total. The minimum Gasteiger partial charge on any atom is -0.298 e. The summed E-state index contributed by atoms with van der Waals surface area (Å²) in [6.07, 6.45) is 2.04. The molecule has 0 aliphatic carbocycles. The van der Waals surface area contributed by atoms with Gasteiger partial charge in [0.1, 0.15) is 0 Å². The van der Waals surface area contributed by atoms with Crippen LogP contribution in [0.1, 0.15) is 10.4 Å². The molecule has 0 bridgehead atoms. The predicted octanol–water partition coefficient (Wildman–Crippen LogP) is 1.44. The second-order valence-corrected chi connectivity index (χ2v) is 3.63. The number of rotatable bonds is 2. The Kier molecular flexibility index (Phi) is 2.18.